The number of fused-ring (bicyclic) bond motifs is 4. The molecule has 0 bridgehead atoms. The quantitative estimate of drug-likeness (QED) is 0.499. The number of carbonyl (C=O) groups excluding carboxylic acids is 3. The SMILES string of the molecule is CCN1C(=O)C2(C(C(=O)OC)=C(N)OC3=C2C(=O)c2cccc4cccc3c24)c2cc(Br)ccc21. The Morgan fingerprint density at radius 2 is 1.83 bits per heavy atom. The Hall–Kier alpha value is -3.91. The molecule has 1 amide bonds. The van der Waals surface area contributed by atoms with Crippen LogP contribution in [0.4, 0.5) is 5.69 Å². The highest BCUT2D eigenvalue weighted by atomic mass is 79.9. The van der Waals surface area contributed by atoms with Gasteiger partial charge in [-0.2, -0.15) is 0 Å². The number of ketones is 1. The van der Waals surface area contributed by atoms with Crippen molar-refractivity contribution in [2.75, 3.05) is 18.6 Å². The Bertz CT molecular complexity index is 1580. The molecule has 35 heavy (non-hydrogen) atoms. The highest BCUT2D eigenvalue weighted by Gasteiger charge is 2.64. The Labute approximate surface area is 208 Å². The van der Waals surface area contributed by atoms with Gasteiger partial charge >= 0.3 is 5.97 Å². The largest absolute Gasteiger partial charge is 0.465 e. The normalized spacial score (nSPS) is 20.4. The van der Waals surface area contributed by atoms with Crippen LogP contribution in [-0.2, 0) is 24.5 Å². The monoisotopic (exact) mass is 530 g/mol. The number of likely N-dealkylation sites (N-methyl/N-ethyl adjacent to an activating group) is 1. The Morgan fingerprint density at radius 3 is 2.51 bits per heavy atom. The molecular weight excluding hydrogens is 512 g/mol. The molecule has 2 aliphatic heterocycles. The van der Waals surface area contributed by atoms with Gasteiger partial charge in [-0.3, -0.25) is 9.59 Å². The number of hydrogen-bond acceptors (Lipinski definition) is 6. The van der Waals surface area contributed by atoms with Gasteiger partial charge in [-0.1, -0.05) is 52.3 Å². The van der Waals surface area contributed by atoms with Crippen molar-refractivity contribution < 1.29 is 23.9 Å². The molecule has 3 aliphatic rings. The first kappa shape index (κ1) is 21.6. The maximum atomic E-state index is 14.4. The number of esters is 1. The van der Waals surface area contributed by atoms with E-state index in [2.05, 4.69) is 15.9 Å². The summed E-state index contributed by atoms with van der Waals surface area (Å²) < 4.78 is 11.8. The van der Waals surface area contributed by atoms with Gasteiger partial charge < -0.3 is 20.1 Å². The van der Waals surface area contributed by atoms with E-state index in [-0.39, 0.29) is 22.8 Å². The van der Waals surface area contributed by atoms with Crippen LogP contribution in [-0.4, -0.2) is 31.3 Å². The Kier molecular flexibility index (Phi) is 4.50. The first-order chi connectivity index (χ1) is 16.9. The topological polar surface area (TPSA) is 98.9 Å². The number of benzene rings is 3. The lowest BCUT2D eigenvalue weighted by Crippen LogP contribution is -2.51. The zero-order valence-corrected chi connectivity index (χ0v) is 20.4. The molecule has 1 spiro atoms. The van der Waals surface area contributed by atoms with Crippen LogP contribution >= 0.6 is 15.9 Å². The zero-order valence-electron chi connectivity index (χ0n) is 18.8. The summed E-state index contributed by atoms with van der Waals surface area (Å²) in [6, 6.07) is 16.4. The number of halogens is 1. The van der Waals surface area contributed by atoms with Crippen molar-refractivity contribution >= 4 is 55.8 Å². The molecule has 7 nitrogen and oxygen atoms in total. The first-order valence-corrected chi connectivity index (χ1v) is 11.9. The molecule has 174 valence electrons. The smallest absolute Gasteiger partial charge is 0.340 e. The number of nitrogens with zero attached hydrogens (tertiary/aromatic N) is 1. The van der Waals surface area contributed by atoms with E-state index in [0.717, 1.165) is 10.8 Å². The predicted octanol–water partition coefficient (Wildman–Crippen LogP) is 4.19. The van der Waals surface area contributed by atoms with Gasteiger partial charge in [0.05, 0.1) is 12.7 Å². The summed E-state index contributed by atoms with van der Waals surface area (Å²) in [5.74, 6) is -1.77. The molecule has 2 N–H and O–H groups in total. The van der Waals surface area contributed by atoms with Crippen molar-refractivity contribution in [1.29, 1.82) is 0 Å². The number of methoxy groups -OCH3 is 1. The molecule has 0 saturated carbocycles. The lowest BCUT2D eigenvalue weighted by molar-refractivity contribution is -0.138. The molecular formula is C27H19BrN2O5. The third-order valence-corrected chi connectivity index (χ3v) is 7.47. The summed E-state index contributed by atoms with van der Waals surface area (Å²) in [4.78, 5) is 43.4. The molecule has 0 radical (unpaired) electrons. The summed E-state index contributed by atoms with van der Waals surface area (Å²) in [5, 5.41) is 1.57. The van der Waals surface area contributed by atoms with E-state index in [1.807, 2.05) is 37.3 Å². The van der Waals surface area contributed by atoms with Crippen LogP contribution in [0.25, 0.3) is 16.5 Å². The number of anilines is 1. The summed E-state index contributed by atoms with van der Waals surface area (Å²) in [7, 11) is 1.21. The van der Waals surface area contributed by atoms with Gasteiger partial charge in [0.1, 0.15) is 16.7 Å². The van der Waals surface area contributed by atoms with Crippen molar-refractivity contribution in [3.8, 4) is 0 Å². The molecule has 0 aromatic heterocycles. The van der Waals surface area contributed by atoms with Crippen molar-refractivity contribution in [2.45, 2.75) is 12.3 Å². The highest BCUT2D eigenvalue weighted by Crippen LogP contribution is 2.58. The molecule has 1 atom stereocenters. The van der Waals surface area contributed by atoms with Crippen molar-refractivity contribution in [3.05, 3.63) is 92.8 Å². The summed E-state index contributed by atoms with van der Waals surface area (Å²) >= 11 is 3.49. The van der Waals surface area contributed by atoms with E-state index in [1.54, 1.807) is 29.2 Å². The maximum Gasteiger partial charge on any atom is 0.340 e. The third-order valence-electron chi connectivity index (χ3n) is 6.98. The van der Waals surface area contributed by atoms with Gasteiger partial charge in [0.2, 0.25) is 11.8 Å². The van der Waals surface area contributed by atoms with Crippen LogP contribution in [0.15, 0.2) is 76.1 Å². The van der Waals surface area contributed by atoms with E-state index in [1.165, 1.54) is 7.11 Å². The molecule has 0 fully saturated rings. The lowest BCUT2D eigenvalue weighted by Gasteiger charge is -2.39. The van der Waals surface area contributed by atoms with Crippen LogP contribution in [0.1, 0.15) is 28.4 Å². The van der Waals surface area contributed by atoms with E-state index >= 15 is 0 Å². The highest BCUT2D eigenvalue weighted by molar-refractivity contribution is 9.10. The molecule has 0 saturated heterocycles. The Morgan fingerprint density at radius 1 is 1.11 bits per heavy atom. The van der Waals surface area contributed by atoms with Gasteiger partial charge in [0.15, 0.2) is 5.78 Å². The van der Waals surface area contributed by atoms with Gasteiger partial charge in [-0.05, 0) is 30.5 Å². The Balaban J connectivity index is 1.81. The molecule has 6 rings (SSSR count). The fourth-order valence-electron chi connectivity index (χ4n) is 5.63. The van der Waals surface area contributed by atoms with E-state index < -0.39 is 23.1 Å². The van der Waals surface area contributed by atoms with Gasteiger partial charge in [-0.25, -0.2) is 4.79 Å². The van der Waals surface area contributed by atoms with Gasteiger partial charge in [-0.15, -0.1) is 0 Å². The number of amides is 1. The summed E-state index contributed by atoms with van der Waals surface area (Å²) in [5.41, 5.74) is 6.56. The molecule has 2 heterocycles. The number of nitrogens with two attached hydrogens (primary N) is 1. The minimum atomic E-state index is -1.83. The van der Waals surface area contributed by atoms with Crippen molar-refractivity contribution in [2.24, 2.45) is 5.73 Å². The van der Waals surface area contributed by atoms with Crippen LogP contribution in [0.5, 0.6) is 0 Å². The van der Waals surface area contributed by atoms with E-state index in [0.29, 0.717) is 33.4 Å². The standard InChI is InChI=1S/C27H19BrN2O5/c1-3-30-18-11-10-14(28)12-17(18)27(26(30)33)20-22(31)15-8-4-6-13-7-5-9-16(19(13)15)23(20)35-24(29)21(27)25(32)34-2/h4-12H,3,29H2,1-2H3. The lowest BCUT2D eigenvalue weighted by atomic mass is 9.64. The van der Waals surface area contributed by atoms with E-state index in [9.17, 15) is 14.4 Å². The van der Waals surface area contributed by atoms with Crippen molar-refractivity contribution in [1.82, 2.24) is 0 Å². The second kappa shape index (κ2) is 7.29. The van der Waals surface area contributed by atoms with Crippen LogP contribution in [0.3, 0.4) is 0 Å². The molecule has 3 aromatic rings. The van der Waals surface area contributed by atoms with E-state index in [4.69, 9.17) is 15.2 Å². The fraction of sp³-hybridized carbons (Fsp3) is 0.148. The second-order valence-corrected chi connectivity index (χ2v) is 9.45. The second-order valence-electron chi connectivity index (χ2n) is 8.54. The minimum absolute atomic E-state index is 0.0681. The van der Waals surface area contributed by atoms with Crippen LogP contribution in [0, 0.1) is 0 Å². The number of carbonyl (C=O) groups is 3. The predicted molar refractivity (Wildman–Crippen MR) is 133 cm³/mol. The summed E-state index contributed by atoms with van der Waals surface area (Å²) in [6.07, 6.45) is 0. The molecule has 8 heteroatoms. The number of hydrogen-bond donors (Lipinski definition) is 1. The molecule has 1 aliphatic carbocycles. The molecule has 3 aromatic carbocycles. The number of Topliss-reactive ketones (excluding diaryl/α,β-unsaturated/α-hetero) is 1. The minimum Gasteiger partial charge on any atom is -0.465 e. The van der Waals surface area contributed by atoms with Gasteiger partial charge in [0, 0.05) is 38.8 Å². The van der Waals surface area contributed by atoms with Gasteiger partial charge in [0.25, 0.3) is 0 Å². The average molecular weight is 531 g/mol. The van der Waals surface area contributed by atoms with Crippen LogP contribution in [0.2, 0.25) is 0 Å². The molecule has 1 unspecified atom stereocenters. The summed E-state index contributed by atoms with van der Waals surface area (Å²) in [6.45, 7) is 2.16. The third kappa shape index (κ3) is 2.52. The number of ether oxygens (including phenoxy) is 2. The average Bonchev–Trinajstić information content (AvgIpc) is 3.09. The van der Waals surface area contributed by atoms with Crippen LogP contribution < -0.4 is 10.6 Å². The first-order valence-electron chi connectivity index (χ1n) is 11.1. The number of rotatable bonds is 2. The maximum absolute atomic E-state index is 14.4. The van der Waals surface area contributed by atoms with Crippen molar-refractivity contribution in [3.63, 3.8) is 0 Å². The fourth-order valence-corrected chi connectivity index (χ4v) is 5.99. The zero-order chi connectivity index (χ0) is 24.6.